The minimum atomic E-state index is -0.371. The Morgan fingerprint density at radius 3 is 2.50 bits per heavy atom. The van der Waals surface area contributed by atoms with E-state index in [1.54, 1.807) is 6.20 Å². The standard InChI is InChI=1S/C14H14N2O2/c1-11(17)16(18)10-12-5-7-13(8-6-12)14-4-2-3-9-15-14/h2-9,18H,10H2,1H3. The van der Waals surface area contributed by atoms with Crippen LogP contribution in [-0.4, -0.2) is 21.2 Å². The summed E-state index contributed by atoms with van der Waals surface area (Å²) in [5.74, 6) is -0.371. The van der Waals surface area contributed by atoms with E-state index in [1.165, 1.54) is 6.92 Å². The normalized spacial score (nSPS) is 10.1. The summed E-state index contributed by atoms with van der Waals surface area (Å²) < 4.78 is 0. The van der Waals surface area contributed by atoms with Gasteiger partial charge in [-0.2, -0.15) is 0 Å². The largest absolute Gasteiger partial charge is 0.286 e. The van der Waals surface area contributed by atoms with Gasteiger partial charge < -0.3 is 0 Å². The van der Waals surface area contributed by atoms with Crippen LogP contribution in [-0.2, 0) is 11.3 Å². The van der Waals surface area contributed by atoms with Gasteiger partial charge in [-0.1, -0.05) is 30.3 Å². The maximum atomic E-state index is 10.9. The molecule has 0 bridgehead atoms. The number of pyridine rings is 1. The van der Waals surface area contributed by atoms with E-state index in [2.05, 4.69) is 4.98 Å². The van der Waals surface area contributed by atoms with Crippen molar-refractivity contribution >= 4 is 5.91 Å². The molecule has 4 nitrogen and oxygen atoms in total. The van der Waals surface area contributed by atoms with Crippen molar-refractivity contribution in [1.82, 2.24) is 10.0 Å². The van der Waals surface area contributed by atoms with Gasteiger partial charge in [-0.3, -0.25) is 15.0 Å². The molecule has 0 aliphatic rings. The Balaban J connectivity index is 2.13. The topological polar surface area (TPSA) is 53.4 Å². The molecule has 0 radical (unpaired) electrons. The van der Waals surface area contributed by atoms with E-state index in [4.69, 9.17) is 0 Å². The SMILES string of the molecule is CC(=O)N(O)Cc1ccc(-c2ccccn2)cc1. The van der Waals surface area contributed by atoms with Crippen LogP contribution in [0.15, 0.2) is 48.7 Å². The summed E-state index contributed by atoms with van der Waals surface area (Å²) in [5.41, 5.74) is 2.77. The van der Waals surface area contributed by atoms with Crippen LogP contribution in [0.5, 0.6) is 0 Å². The zero-order valence-electron chi connectivity index (χ0n) is 10.1. The molecule has 1 N–H and O–H groups in total. The van der Waals surface area contributed by atoms with Gasteiger partial charge in [-0.25, -0.2) is 5.06 Å². The molecule has 1 heterocycles. The van der Waals surface area contributed by atoms with Crippen LogP contribution in [0.4, 0.5) is 0 Å². The summed E-state index contributed by atoms with van der Waals surface area (Å²) in [6.45, 7) is 1.51. The van der Waals surface area contributed by atoms with Crippen molar-refractivity contribution < 1.29 is 10.0 Å². The molecule has 0 saturated carbocycles. The fourth-order valence-electron chi connectivity index (χ4n) is 1.60. The maximum absolute atomic E-state index is 10.9. The lowest BCUT2D eigenvalue weighted by Gasteiger charge is -2.12. The minimum absolute atomic E-state index is 0.192. The maximum Gasteiger partial charge on any atom is 0.243 e. The van der Waals surface area contributed by atoms with E-state index in [0.717, 1.165) is 16.8 Å². The number of nitrogens with zero attached hydrogens (tertiary/aromatic N) is 2. The molecule has 2 aromatic rings. The monoisotopic (exact) mass is 242 g/mol. The summed E-state index contributed by atoms with van der Waals surface area (Å²) in [5, 5.41) is 10.0. The van der Waals surface area contributed by atoms with Gasteiger partial charge in [0.15, 0.2) is 0 Å². The number of hydroxylamine groups is 2. The number of amides is 1. The van der Waals surface area contributed by atoms with Gasteiger partial charge in [-0.05, 0) is 17.7 Å². The minimum Gasteiger partial charge on any atom is -0.286 e. The van der Waals surface area contributed by atoms with Gasteiger partial charge in [0.1, 0.15) is 0 Å². The van der Waals surface area contributed by atoms with E-state index in [0.29, 0.717) is 5.06 Å². The van der Waals surface area contributed by atoms with E-state index in [-0.39, 0.29) is 12.5 Å². The highest BCUT2D eigenvalue weighted by molar-refractivity contribution is 5.71. The number of rotatable bonds is 3. The van der Waals surface area contributed by atoms with E-state index in [9.17, 15) is 10.0 Å². The van der Waals surface area contributed by atoms with Gasteiger partial charge in [0.2, 0.25) is 5.91 Å². The van der Waals surface area contributed by atoms with Crippen molar-refractivity contribution in [1.29, 1.82) is 0 Å². The highest BCUT2D eigenvalue weighted by Gasteiger charge is 2.05. The van der Waals surface area contributed by atoms with Crippen LogP contribution in [0.25, 0.3) is 11.3 Å². The molecular formula is C14H14N2O2. The first-order valence-corrected chi connectivity index (χ1v) is 5.64. The average molecular weight is 242 g/mol. The molecule has 18 heavy (non-hydrogen) atoms. The lowest BCUT2D eigenvalue weighted by Crippen LogP contribution is -2.23. The highest BCUT2D eigenvalue weighted by atomic mass is 16.5. The Labute approximate surface area is 105 Å². The molecule has 2 rings (SSSR count). The third-order valence-corrected chi connectivity index (χ3v) is 2.61. The molecule has 0 saturated heterocycles. The second-order valence-electron chi connectivity index (χ2n) is 3.99. The smallest absolute Gasteiger partial charge is 0.243 e. The Morgan fingerprint density at radius 2 is 1.94 bits per heavy atom. The first kappa shape index (κ1) is 12.3. The zero-order chi connectivity index (χ0) is 13.0. The summed E-state index contributed by atoms with van der Waals surface area (Å²) >= 11 is 0. The summed E-state index contributed by atoms with van der Waals surface area (Å²) in [6.07, 6.45) is 1.74. The van der Waals surface area contributed by atoms with Gasteiger partial charge >= 0.3 is 0 Å². The van der Waals surface area contributed by atoms with Crippen molar-refractivity contribution in [3.63, 3.8) is 0 Å². The second kappa shape index (κ2) is 5.42. The number of hydrogen-bond acceptors (Lipinski definition) is 3. The number of carbonyl (C=O) groups excluding carboxylic acids is 1. The number of benzene rings is 1. The molecule has 0 spiro atoms. The lowest BCUT2D eigenvalue weighted by atomic mass is 10.1. The number of carbonyl (C=O) groups is 1. The highest BCUT2D eigenvalue weighted by Crippen LogP contribution is 2.17. The second-order valence-corrected chi connectivity index (χ2v) is 3.99. The van der Waals surface area contributed by atoms with E-state index < -0.39 is 0 Å². The molecule has 1 aromatic heterocycles. The molecule has 0 atom stereocenters. The molecule has 0 unspecified atom stereocenters. The third-order valence-electron chi connectivity index (χ3n) is 2.61. The van der Waals surface area contributed by atoms with Gasteiger partial charge in [0.05, 0.1) is 12.2 Å². The predicted molar refractivity (Wildman–Crippen MR) is 67.7 cm³/mol. The van der Waals surface area contributed by atoms with Crippen molar-refractivity contribution in [2.45, 2.75) is 13.5 Å². The summed E-state index contributed by atoms with van der Waals surface area (Å²) in [6, 6.07) is 13.3. The number of hydrogen-bond donors (Lipinski definition) is 1. The molecule has 4 heteroatoms. The average Bonchev–Trinajstić information content (AvgIpc) is 2.40. The Kier molecular flexibility index (Phi) is 3.69. The molecule has 0 fully saturated rings. The lowest BCUT2D eigenvalue weighted by molar-refractivity contribution is -0.165. The molecule has 0 aliphatic heterocycles. The van der Waals surface area contributed by atoms with Crippen LogP contribution in [0.1, 0.15) is 12.5 Å². The first-order chi connectivity index (χ1) is 8.66. The fourth-order valence-corrected chi connectivity index (χ4v) is 1.60. The summed E-state index contributed by atoms with van der Waals surface area (Å²) in [4.78, 5) is 15.2. The van der Waals surface area contributed by atoms with Gasteiger partial charge in [0.25, 0.3) is 0 Å². The molecule has 0 aliphatic carbocycles. The van der Waals surface area contributed by atoms with Crippen molar-refractivity contribution in [2.24, 2.45) is 0 Å². The first-order valence-electron chi connectivity index (χ1n) is 5.64. The van der Waals surface area contributed by atoms with Crippen LogP contribution in [0.3, 0.4) is 0 Å². The van der Waals surface area contributed by atoms with E-state index >= 15 is 0 Å². The van der Waals surface area contributed by atoms with Crippen LogP contribution in [0, 0.1) is 0 Å². The Bertz CT molecular complexity index is 523. The van der Waals surface area contributed by atoms with Crippen LogP contribution >= 0.6 is 0 Å². The van der Waals surface area contributed by atoms with Crippen LogP contribution in [0.2, 0.25) is 0 Å². The van der Waals surface area contributed by atoms with Crippen LogP contribution < -0.4 is 0 Å². The fraction of sp³-hybridized carbons (Fsp3) is 0.143. The van der Waals surface area contributed by atoms with Gasteiger partial charge in [-0.15, -0.1) is 0 Å². The Morgan fingerprint density at radius 1 is 1.22 bits per heavy atom. The quantitative estimate of drug-likeness (QED) is 0.664. The molecule has 1 amide bonds. The van der Waals surface area contributed by atoms with Crippen molar-refractivity contribution in [3.05, 3.63) is 54.2 Å². The van der Waals surface area contributed by atoms with Crippen molar-refractivity contribution in [2.75, 3.05) is 0 Å². The summed E-state index contributed by atoms with van der Waals surface area (Å²) in [7, 11) is 0. The molecule has 92 valence electrons. The zero-order valence-corrected chi connectivity index (χ0v) is 10.1. The van der Waals surface area contributed by atoms with E-state index in [1.807, 2.05) is 42.5 Å². The Hall–Kier alpha value is -2.20. The third kappa shape index (κ3) is 2.93. The number of aromatic nitrogens is 1. The van der Waals surface area contributed by atoms with Gasteiger partial charge in [0, 0.05) is 18.7 Å². The molecular weight excluding hydrogens is 228 g/mol. The molecule has 1 aromatic carbocycles. The predicted octanol–water partition coefficient (Wildman–Crippen LogP) is 2.49. The van der Waals surface area contributed by atoms with Crippen molar-refractivity contribution in [3.8, 4) is 11.3 Å².